The zero-order chi connectivity index (χ0) is 4.50. The van der Waals surface area contributed by atoms with E-state index in [1.807, 2.05) is 0 Å². The average molecular weight is 266 g/mol. The quantitative estimate of drug-likeness (QED) is 0.610. The van der Waals surface area contributed by atoms with Crippen molar-refractivity contribution < 1.29 is 58.1 Å². The van der Waals surface area contributed by atoms with Gasteiger partial charge < -0.3 is 0 Å². The normalized spacial score (nSPS) is 8.29. The Labute approximate surface area is 73.7 Å². The predicted octanol–water partition coefficient (Wildman–Crippen LogP) is -0.343. The van der Waals surface area contributed by atoms with E-state index in [-0.39, 0.29) is 45.1 Å². The molecule has 0 fully saturated rings. The number of rotatable bonds is 0. The van der Waals surface area contributed by atoms with Gasteiger partial charge in [-0.2, -0.15) is 8.42 Å². The van der Waals surface area contributed by atoms with Gasteiger partial charge in [0.25, 0.3) is 10.1 Å². The van der Waals surface area contributed by atoms with Crippen LogP contribution in [0.3, 0.4) is 0 Å². The second kappa shape index (κ2) is 5.32. The van der Waals surface area contributed by atoms with E-state index >= 15 is 0 Å². The molecule has 0 aliphatic carbocycles. The van der Waals surface area contributed by atoms with Crippen LogP contribution >= 0.6 is 0 Å². The van der Waals surface area contributed by atoms with Crippen LogP contribution < -0.4 is 0 Å². The number of hydrogen-bond donors (Lipinski definition) is 1. The van der Waals surface area contributed by atoms with Crippen LogP contribution in [-0.4, -0.2) is 19.2 Å². The molecule has 6 heteroatoms. The van der Waals surface area contributed by atoms with E-state index in [1.54, 1.807) is 0 Å². The molecule has 0 aliphatic rings. The summed E-state index contributed by atoms with van der Waals surface area (Å²) in [5.74, 6) is 0. The van der Waals surface area contributed by atoms with Crippen molar-refractivity contribution in [1.29, 1.82) is 0 Å². The van der Waals surface area contributed by atoms with Crippen LogP contribution in [0.25, 0.3) is 0 Å². The summed E-state index contributed by atoms with van der Waals surface area (Å²) in [6, 6.07) is 0. The van der Waals surface area contributed by atoms with Gasteiger partial charge in [0.05, 0.1) is 6.26 Å². The summed E-state index contributed by atoms with van der Waals surface area (Å²) < 4.78 is 25.9. The fourth-order valence-electron chi connectivity index (χ4n) is 0. The van der Waals surface area contributed by atoms with Crippen molar-refractivity contribution in [3.8, 4) is 0 Å². The summed E-state index contributed by atoms with van der Waals surface area (Å²) in [6.07, 6.45) is 0.715. The minimum absolute atomic E-state index is 0. The fraction of sp³-hybridized carbons (Fsp3) is 1.00. The van der Waals surface area contributed by atoms with Crippen molar-refractivity contribution in [2.75, 3.05) is 6.26 Å². The Balaban J connectivity index is -0.0000000800. The summed E-state index contributed by atoms with van der Waals surface area (Å²) in [6.45, 7) is 0. The van der Waals surface area contributed by atoms with Crippen molar-refractivity contribution in [2.45, 2.75) is 0 Å². The molecule has 46 valence electrons. The van der Waals surface area contributed by atoms with Crippen molar-refractivity contribution in [3.05, 3.63) is 0 Å². The molecule has 0 spiro atoms. The molecule has 0 aliphatic heterocycles. The predicted molar refractivity (Wildman–Crippen MR) is 20.0 cm³/mol. The first-order chi connectivity index (χ1) is 2.00. The molecule has 0 bridgehead atoms. The molecule has 0 aromatic heterocycles. The largest absolute Gasteiger partial charge is 0.286 e. The molecule has 0 radical (unpaired) electrons. The molecule has 1 N–H and O–H groups in total. The zero-order valence-corrected chi connectivity index (χ0v) is 6.92. The third-order valence-electron chi connectivity index (χ3n) is 0. The minimum Gasteiger partial charge on any atom is -0.286 e. The van der Waals surface area contributed by atoms with E-state index in [2.05, 4.69) is 0 Å². The Morgan fingerprint density at radius 2 is 1.43 bits per heavy atom. The summed E-state index contributed by atoms with van der Waals surface area (Å²) >= 11 is 0. The van der Waals surface area contributed by atoms with Gasteiger partial charge in [-0.05, 0) is 0 Å². The van der Waals surface area contributed by atoms with Crippen LogP contribution in [0.1, 0.15) is 0 Å². The molecule has 0 saturated heterocycles. The maximum absolute atomic E-state index is 9.19. The zero-order valence-electron chi connectivity index (χ0n) is 3.49. The van der Waals surface area contributed by atoms with E-state index in [0.29, 0.717) is 6.26 Å². The molecule has 0 unspecified atom stereocenters. The molecular weight excluding hydrogens is 261 g/mol. The van der Waals surface area contributed by atoms with Gasteiger partial charge in [-0.15, -0.1) is 0 Å². The third kappa shape index (κ3) is 139. The second-order valence-electron chi connectivity index (χ2n) is 0.733. The van der Waals surface area contributed by atoms with Crippen molar-refractivity contribution >= 4 is 10.1 Å². The maximum atomic E-state index is 9.19. The molecule has 0 heterocycles. The van der Waals surface area contributed by atoms with Gasteiger partial charge in [0, 0.05) is 40.4 Å². The molecule has 7 heavy (non-hydrogen) atoms. The van der Waals surface area contributed by atoms with E-state index in [4.69, 9.17) is 4.55 Å². The first-order valence-electron chi connectivity index (χ1n) is 0.924. The van der Waals surface area contributed by atoms with Gasteiger partial charge in [-0.3, -0.25) is 9.26 Å². The third-order valence-corrected chi connectivity index (χ3v) is 0. The van der Waals surface area contributed by atoms with Crippen molar-refractivity contribution in [3.63, 3.8) is 0 Å². The Bertz CT molecular complexity index is 98.1. The van der Waals surface area contributed by atoms with Gasteiger partial charge >= 0.3 is 0 Å². The molecule has 0 atom stereocenters. The summed E-state index contributed by atoms with van der Waals surface area (Å²) in [5, 5.41) is 0. The standard InChI is InChI=1S/CH4O3S.FH.Sm/c1-5(2,3)4;;/h1H3,(H,2,3,4);1H;. The molecule has 0 amide bonds. The van der Waals surface area contributed by atoms with E-state index in [0.717, 1.165) is 0 Å². The minimum atomic E-state index is -3.67. The van der Waals surface area contributed by atoms with Crippen LogP contribution in [0.4, 0.5) is 4.70 Å². The van der Waals surface area contributed by atoms with Crippen LogP contribution in [0.5, 0.6) is 0 Å². The Hall–Kier alpha value is 1.18. The molecule has 0 saturated carbocycles. The van der Waals surface area contributed by atoms with Gasteiger partial charge in [-0.25, -0.2) is 0 Å². The first-order valence-corrected chi connectivity index (χ1v) is 2.77. The molecule has 0 rings (SSSR count). The summed E-state index contributed by atoms with van der Waals surface area (Å²) in [4.78, 5) is 0. The number of hydrogen-bond acceptors (Lipinski definition) is 2. The van der Waals surface area contributed by atoms with E-state index < -0.39 is 10.1 Å². The molecule has 3 nitrogen and oxygen atoms in total. The summed E-state index contributed by atoms with van der Waals surface area (Å²) in [7, 11) is -3.67. The van der Waals surface area contributed by atoms with Gasteiger partial charge in [0.15, 0.2) is 0 Å². The van der Waals surface area contributed by atoms with Gasteiger partial charge in [-0.1, -0.05) is 0 Å². The van der Waals surface area contributed by atoms with Crippen LogP contribution in [0, 0.1) is 40.4 Å². The van der Waals surface area contributed by atoms with Gasteiger partial charge in [0.1, 0.15) is 0 Å². The number of halogens is 1. The summed E-state index contributed by atoms with van der Waals surface area (Å²) in [5.41, 5.74) is 0. The maximum Gasteiger partial charge on any atom is 0.261 e. The molecule has 0 aromatic rings. The smallest absolute Gasteiger partial charge is 0.261 e. The van der Waals surface area contributed by atoms with E-state index in [1.165, 1.54) is 0 Å². The van der Waals surface area contributed by atoms with E-state index in [9.17, 15) is 8.42 Å². The monoisotopic (exact) mass is 268 g/mol. The molecular formula is CH5FO3SSm. The average Bonchev–Trinajstić information content (AvgIpc) is 0.722. The second-order valence-corrected chi connectivity index (χ2v) is 2.20. The van der Waals surface area contributed by atoms with Crippen LogP contribution in [-0.2, 0) is 10.1 Å². The van der Waals surface area contributed by atoms with Gasteiger partial charge in [0.2, 0.25) is 0 Å². The first kappa shape index (κ1) is 15.7. The fourth-order valence-corrected chi connectivity index (χ4v) is 0. The Morgan fingerprint density at radius 3 is 1.43 bits per heavy atom. The van der Waals surface area contributed by atoms with Crippen molar-refractivity contribution in [1.82, 2.24) is 0 Å². The SMILES string of the molecule is CS(=O)(=O)O.F.[Sm]. The molecule has 0 aromatic carbocycles. The Morgan fingerprint density at radius 1 is 1.43 bits per heavy atom. The van der Waals surface area contributed by atoms with Crippen molar-refractivity contribution in [2.24, 2.45) is 0 Å². The Kier molecular flexibility index (Phi) is 11.9. The van der Waals surface area contributed by atoms with Crippen LogP contribution in [0.2, 0.25) is 0 Å². The topological polar surface area (TPSA) is 54.4 Å². The van der Waals surface area contributed by atoms with Crippen LogP contribution in [0.15, 0.2) is 0 Å².